The van der Waals surface area contributed by atoms with Gasteiger partial charge in [-0.3, -0.25) is 9.59 Å². The van der Waals surface area contributed by atoms with Crippen molar-refractivity contribution in [2.45, 2.75) is 25.6 Å². The smallest absolute Gasteiger partial charge is 0.383 e. The van der Waals surface area contributed by atoms with Gasteiger partial charge in [0, 0.05) is 12.6 Å². The molecule has 1 heterocycles. The monoisotopic (exact) mass is 304 g/mol. The van der Waals surface area contributed by atoms with E-state index in [1.54, 1.807) is 5.32 Å². The summed E-state index contributed by atoms with van der Waals surface area (Å²) in [6.45, 7) is -1.21. The molecule has 0 radical (unpaired) electrons. The minimum Gasteiger partial charge on any atom is -0.383 e. The van der Waals surface area contributed by atoms with E-state index >= 15 is 0 Å². The van der Waals surface area contributed by atoms with Crippen LogP contribution in [0.15, 0.2) is 17.1 Å². The van der Waals surface area contributed by atoms with Gasteiger partial charge in [0.05, 0.1) is 11.9 Å². The SMILES string of the molecule is O=C(Cn1ncc(NCC2CC2)cc1=O)NCC(F)(F)F. The molecule has 0 unspecified atom stereocenters. The first-order valence-corrected chi connectivity index (χ1v) is 6.48. The van der Waals surface area contributed by atoms with Crippen molar-refractivity contribution in [1.82, 2.24) is 15.1 Å². The fourth-order valence-electron chi connectivity index (χ4n) is 1.62. The summed E-state index contributed by atoms with van der Waals surface area (Å²) < 4.78 is 36.6. The van der Waals surface area contributed by atoms with Crippen LogP contribution in [0.2, 0.25) is 0 Å². The number of amides is 1. The van der Waals surface area contributed by atoms with E-state index < -0.39 is 30.7 Å². The molecule has 0 spiro atoms. The molecule has 2 rings (SSSR count). The summed E-state index contributed by atoms with van der Waals surface area (Å²) in [5.41, 5.74) is -0.00296. The van der Waals surface area contributed by atoms with Crippen LogP contribution in [-0.4, -0.2) is 35.0 Å². The largest absolute Gasteiger partial charge is 0.405 e. The molecular formula is C12H15F3N4O2. The minimum absolute atomic E-state index is 0.541. The number of nitrogens with zero attached hydrogens (tertiary/aromatic N) is 2. The molecule has 2 N–H and O–H groups in total. The van der Waals surface area contributed by atoms with Gasteiger partial charge in [-0.25, -0.2) is 4.68 Å². The number of anilines is 1. The zero-order valence-electron chi connectivity index (χ0n) is 11.1. The summed E-state index contributed by atoms with van der Waals surface area (Å²) in [5, 5.41) is 8.49. The Morgan fingerprint density at radius 2 is 2.14 bits per heavy atom. The molecular weight excluding hydrogens is 289 g/mol. The molecule has 0 bridgehead atoms. The molecule has 21 heavy (non-hydrogen) atoms. The summed E-state index contributed by atoms with van der Waals surface area (Å²) >= 11 is 0. The van der Waals surface area contributed by atoms with Crippen molar-refractivity contribution in [2.24, 2.45) is 5.92 Å². The van der Waals surface area contributed by atoms with Gasteiger partial charge in [0.2, 0.25) is 5.91 Å². The highest BCUT2D eigenvalue weighted by molar-refractivity contribution is 5.75. The predicted octanol–water partition coefficient (Wildman–Crippen LogP) is 0.744. The van der Waals surface area contributed by atoms with Crippen LogP contribution in [0.5, 0.6) is 0 Å². The summed E-state index contributed by atoms with van der Waals surface area (Å²) in [6.07, 6.45) is -0.779. The van der Waals surface area contributed by atoms with E-state index in [9.17, 15) is 22.8 Å². The zero-order valence-corrected chi connectivity index (χ0v) is 11.1. The van der Waals surface area contributed by atoms with Crippen molar-refractivity contribution in [1.29, 1.82) is 0 Å². The average Bonchev–Trinajstić information content (AvgIpc) is 3.20. The third-order valence-corrected chi connectivity index (χ3v) is 2.94. The maximum absolute atomic E-state index is 11.9. The minimum atomic E-state index is -4.48. The topological polar surface area (TPSA) is 76.0 Å². The number of hydrogen-bond acceptors (Lipinski definition) is 4. The second kappa shape index (κ2) is 6.15. The van der Waals surface area contributed by atoms with Crippen LogP contribution in [0.3, 0.4) is 0 Å². The molecule has 1 amide bonds. The summed E-state index contributed by atoms with van der Waals surface area (Å²) in [6, 6.07) is 1.27. The lowest BCUT2D eigenvalue weighted by atomic mass is 10.4. The molecule has 1 aliphatic carbocycles. The highest BCUT2D eigenvalue weighted by atomic mass is 19.4. The van der Waals surface area contributed by atoms with E-state index in [1.807, 2.05) is 0 Å². The molecule has 1 saturated carbocycles. The first-order chi connectivity index (χ1) is 9.83. The molecule has 0 atom stereocenters. The molecule has 6 nitrogen and oxygen atoms in total. The summed E-state index contributed by atoms with van der Waals surface area (Å²) in [7, 11) is 0. The van der Waals surface area contributed by atoms with E-state index in [0.29, 0.717) is 11.6 Å². The first-order valence-electron chi connectivity index (χ1n) is 6.48. The van der Waals surface area contributed by atoms with E-state index in [1.165, 1.54) is 12.3 Å². The van der Waals surface area contributed by atoms with Gasteiger partial charge in [0.25, 0.3) is 5.56 Å². The Bertz CT molecular complexity index is 566. The van der Waals surface area contributed by atoms with Crippen molar-refractivity contribution in [3.8, 4) is 0 Å². The van der Waals surface area contributed by atoms with Gasteiger partial charge >= 0.3 is 6.18 Å². The quantitative estimate of drug-likeness (QED) is 0.813. The van der Waals surface area contributed by atoms with Gasteiger partial charge in [-0.2, -0.15) is 18.3 Å². The second-order valence-corrected chi connectivity index (χ2v) is 4.96. The van der Waals surface area contributed by atoms with Crippen LogP contribution in [0.25, 0.3) is 0 Å². The maximum atomic E-state index is 11.9. The number of carbonyl (C=O) groups is 1. The van der Waals surface area contributed by atoms with Gasteiger partial charge in [-0.1, -0.05) is 0 Å². The third-order valence-electron chi connectivity index (χ3n) is 2.94. The molecule has 9 heteroatoms. The van der Waals surface area contributed by atoms with Gasteiger partial charge < -0.3 is 10.6 Å². The lowest BCUT2D eigenvalue weighted by molar-refractivity contribution is -0.138. The number of hydrogen-bond donors (Lipinski definition) is 2. The highest BCUT2D eigenvalue weighted by Gasteiger charge is 2.27. The van der Waals surface area contributed by atoms with Crippen molar-refractivity contribution in [2.75, 3.05) is 18.4 Å². The van der Waals surface area contributed by atoms with E-state index in [0.717, 1.165) is 24.1 Å². The Hall–Kier alpha value is -2.06. The van der Waals surface area contributed by atoms with Crippen LogP contribution in [0.1, 0.15) is 12.8 Å². The van der Waals surface area contributed by atoms with Gasteiger partial charge in [-0.05, 0) is 18.8 Å². The van der Waals surface area contributed by atoms with E-state index in [2.05, 4.69) is 10.4 Å². The normalized spacial score (nSPS) is 14.8. The number of carbonyl (C=O) groups excluding carboxylic acids is 1. The van der Waals surface area contributed by atoms with E-state index in [-0.39, 0.29) is 0 Å². The number of nitrogens with one attached hydrogen (secondary N) is 2. The predicted molar refractivity (Wildman–Crippen MR) is 68.8 cm³/mol. The number of alkyl halides is 3. The molecule has 116 valence electrons. The van der Waals surface area contributed by atoms with Crippen LogP contribution < -0.4 is 16.2 Å². The van der Waals surface area contributed by atoms with Crippen molar-refractivity contribution < 1.29 is 18.0 Å². The molecule has 0 aliphatic heterocycles. The maximum Gasteiger partial charge on any atom is 0.405 e. The Balaban J connectivity index is 1.87. The van der Waals surface area contributed by atoms with Crippen molar-refractivity contribution in [3.05, 3.63) is 22.6 Å². The van der Waals surface area contributed by atoms with Crippen LogP contribution in [0, 0.1) is 5.92 Å². The standard InChI is InChI=1S/C12H15F3N4O2/c13-12(14,15)7-17-10(20)6-19-11(21)3-9(5-18-19)16-4-8-1-2-8/h3,5,8,16H,1-2,4,6-7H2,(H,17,20). The second-order valence-electron chi connectivity index (χ2n) is 4.96. The van der Waals surface area contributed by atoms with Crippen LogP contribution in [-0.2, 0) is 11.3 Å². The molecule has 0 aromatic carbocycles. The fourth-order valence-corrected chi connectivity index (χ4v) is 1.62. The summed E-state index contributed by atoms with van der Waals surface area (Å²) in [5.74, 6) is -0.291. The number of aromatic nitrogens is 2. The van der Waals surface area contributed by atoms with Crippen molar-refractivity contribution in [3.63, 3.8) is 0 Å². The highest BCUT2D eigenvalue weighted by Crippen LogP contribution is 2.28. The summed E-state index contributed by atoms with van der Waals surface area (Å²) in [4.78, 5) is 23.0. The number of rotatable bonds is 6. The van der Waals surface area contributed by atoms with Crippen LogP contribution in [0.4, 0.5) is 18.9 Å². The molecule has 1 aromatic heterocycles. The van der Waals surface area contributed by atoms with Gasteiger partial charge in [0.15, 0.2) is 0 Å². The van der Waals surface area contributed by atoms with Crippen LogP contribution >= 0.6 is 0 Å². The lowest BCUT2D eigenvalue weighted by Crippen LogP contribution is -2.38. The molecule has 1 aromatic rings. The Labute approximate surface area is 118 Å². The Kier molecular flexibility index (Phi) is 4.49. The molecule has 1 fully saturated rings. The Morgan fingerprint density at radius 1 is 1.43 bits per heavy atom. The van der Waals surface area contributed by atoms with Gasteiger partial charge in [-0.15, -0.1) is 0 Å². The average molecular weight is 304 g/mol. The molecule has 1 aliphatic rings. The Morgan fingerprint density at radius 3 is 2.71 bits per heavy atom. The third kappa shape index (κ3) is 5.44. The number of halogens is 3. The fraction of sp³-hybridized carbons (Fsp3) is 0.583. The molecule has 0 saturated heterocycles. The lowest BCUT2D eigenvalue weighted by Gasteiger charge is -2.09. The van der Waals surface area contributed by atoms with E-state index in [4.69, 9.17) is 0 Å². The zero-order chi connectivity index (χ0) is 15.5. The first kappa shape index (κ1) is 15.3. The van der Waals surface area contributed by atoms with Gasteiger partial charge in [0.1, 0.15) is 13.1 Å². The van der Waals surface area contributed by atoms with Crippen molar-refractivity contribution >= 4 is 11.6 Å².